The first kappa shape index (κ1) is 16.1. The topological polar surface area (TPSA) is 66.6 Å². The van der Waals surface area contributed by atoms with E-state index in [1.54, 1.807) is 18.4 Å². The van der Waals surface area contributed by atoms with Crippen LogP contribution in [0.3, 0.4) is 0 Å². The summed E-state index contributed by atoms with van der Waals surface area (Å²) < 4.78 is 26.4. The van der Waals surface area contributed by atoms with Crippen molar-refractivity contribution >= 4 is 22.6 Å². The summed E-state index contributed by atoms with van der Waals surface area (Å²) in [6.07, 6.45) is 2.88. The Morgan fingerprint density at radius 2 is 1.81 bits per heavy atom. The fourth-order valence-electron chi connectivity index (χ4n) is 1.90. The highest BCUT2D eigenvalue weighted by Crippen LogP contribution is 2.22. The van der Waals surface area contributed by atoms with Crippen molar-refractivity contribution in [3.05, 3.63) is 0 Å². The average molecular weight is 272 g/mol. The molecule has 0 aromatic carbocycles. The van der Waals surface area contributed by atoms with E-state index in [1.165, 1.54) is 4.31 Å². The maximum absolute atomic E-state index is 11.8. The van der Waals surface area contributed by atoms with Crippen LogP contribution in [0.2, 0.25) is 0 Å². The van der Waals surface area contributed by atoms with E-state index in [9.17, 15) is 8.42 Å². The predicted molar refractivity (Wildman–Crippen MR) is 67.8 cm³/mol. The lowest BCUT2D eigenvalue weighted by molar-refractivity contribution is 0.255. The summed E-state index contributed by atoms with van der Waals surface area (Å²) in [5, 5.41) is 0. The molecule has 0 aromatic rings. The Kier molecular flexibility index (Phi) is 6.81. The first-order valence-corrected chi connectivity index (χ1v) is 6.76. The highest BCUT2D eigenvalue weighted by molar-refractivity contribution is 7.86. The van der Waals surface area contributed by atoms with Gasteiger partial charge in [-0.2, -0.15) is 17.0 Å². The van der Waals surface area contributed by atoms with Gasteiger partial charge in [-0.15, -0.1) is 12.4 Å². The van der Waals surface area contributed by atoms with Crippen LogP contribution in [-0.4, -0.2) is 50.8 Å². The normalized spacial score (nSPS) is 19.8. The Hall–Kier alpha value is 0.120. The molecule has 98 valence electrons. The minimum absolute atomic E-state index is 0. The number of nitrogens with zero attached hydrogens (tertiary/aromatic N) is 2. The van der Waals surface area contributed by atoms with Crippen LogP contribution in [0, 0.1) is 5.92 Å². The van der Waals surface area contributed by atoms with Crippen molar-refractivity contribution in [2.24, 2.45) is 11.7 Å². The zero-order valence-corrected chi connectivity index (χ0v) is 11.6. The monoisotopic (exact) mass is 271 g/mol. The Bertz CT molecular complexity index is 287. The first-order chi connectivity index (χ1) is 6.98. The van der Waals surface area contributed by atoms with Crippen molar-refractivity contribution < 1.29 is 8.42 Å². The molecule has 0 saturated carbocycles. The van der Waals surface area contributed by atoms with Crippen LogP contribution in [0.1, 0.15) is 19.3 Å². The fourth-order valence-corrected chi connectivity index (χ4v) is 3.03. The second-order valence-corrected chi connectivity index (χ2v) is 6.35. The number of hydrogen-bond donors (Lipinski definition) is 1. The van der Waals surface area contributed by atoms with Gasteiger partial charge in [0.05, 0.1) is 0 Å². The van der Waals surface area contributed by atoms with E-state index in [1.807, 2.05) is 0 Å². The third kappa shape index (κ3) is 3.85. The lowest BCUT2D eigenvalue weighted by Crippen LogP contribution is -2.44. The van der Waals surface area contributed by atoms with Gasteiger partial charge in [-0.3, -0.25) is 0 Å². The van der Waals surface area contributed by atoms with Crippen LogP contribution >= 0.6 is 12.4 Å². The van der Waals surface area contributed by atoms with Crippen molar-refractivity contribution in [1.82, 2.24) is 8.61 Å². The fraction of sp³-hybridized carbons (Fsp3) is 1.00. The molecular formula is C9H22ClN3O2S. The van der Waals surface area contributed by atoms with Gasteiger partial charge < -0.3 is 5.73 Å². The third-order valence-corrected chi connectivity index (χ3v) is 4.88. The maximum Gasteiger partial charge on any atom is 0.281 e. The predicted octanol–water partition coefficient (Wildman–Crippen LogP) is 0.275. The number of piperidine rings is 1. The zero-order valence-electron chi connectivity index (χ0n) is 9.92. The van der Waals surface area contributed by atoms with E-state index in [2.05, 4.69) is 0 Å². The summed E-state index contributed by atoms with van der Waals surface area (Å²) in [7, 11) is -0.0614. The quantitative estimate of drug-likeness (QED) is 0.799. The molecule has 1 saturated heterocycles. The van der Waals surface area contributed by atoms with E-state index in [4.69, 9.17) is 5.73 Å². The molecule has 16 heavy (non-hydrogen) atoms. The smallest absolute Gasteiger partial charge is 0.281 e. The molecule has 1 aliphatic rings. The summed E-state index contributed by atoms with van der Waals surface area (Å²) in [6.45, 7) is 1.96. The van der Waals surface area contributed by atoms with Crippen molar-refractivity contribution in [1.29, 1.82) is 0 Å². The molecule has 2 N–H and O–H groups in total. The molecule has 0 bridgehead atoms. The molecule has 0 aromatic heterocycles. The highest BCUT2D eigenvalue weighted by Gasteiger charge is 2.28. The minimum atomic E-state index is -3.20. The molecular weight excluding hydrogens is 250 g/mol. The molecule has 0 atom stereocenters. The van der Waals surface area contributed by atoms with Crippen LogP contribution < -0.4 is 5.73 Å². The SMILES string of the molecule is CN(C)S(=O)(=O)N1CCC(CCN)CC1.Cl. The van der Waals surface area contributed by atoms with Gasteiger partial charge in [0.2, 0.25) is 0 Å². The maximum atomic E-state index is 11.8. The molecule has 7 heteroatoms. The van der Waals surface area contributed by atoms with E-state index in [0.717, 1.165) is 19.3 Å². The number of hydrogen-bond acceptors (Lipinski definition) is 3. The Morgan fingerprint density at radius 1 is 1.31 bits per heavy atom. The molecule has 0 radical (unpaired) electrons. The van der Waals surface area contributed by atoms with Gasteiger partial charge in [-0.05, 0) is 31.7 Å². The molecule has 0 aliphatic carbocycles. The number of halogens is 1. The molecule has 0 unspecified atom stereocenters. The molecule has 1 fully saturated rings. The largest absolute Gasteiger partial charge is 0.330 e. The van der Waals surface area contributed by atoms with Crippen molar-refractivity contribution in [3.63, 3.8) is 0 Å². The first-order valence-electron chi connectivity index (χ1n) is 5.36. The summed E-state index contributed by atoms with van der Waals surface area (Å²) in [6, 6.07) is 0. The van der Waals surface area contributed by atoms with Gasteiger partial charge in [-0.1, -0.05) is 0 Å². The van der Waals surface area contributed by atoms with Gasteiger partial charge in [-0.25, -0.2) is 0 Å². The van der Waals surface area contributed by atoms with Gasteiger partial charge in [0.15, 0.2) is 0 Å². The standard InChI is InChI=1S/C9H21N3O2S.ClH/c1-11(2)15(13,14)12-7-4-9(3-6-10)5-8-12;/h9H,3-8,10H2,1-2H3;1H. The lowest BCUT2D eigenvalue weighted by atomic mass is 9.95. The molecule has 1 aliphatic heterocycles. The molecule has 1 heterocycles. The van der Waals surface area contributed by atoms with E-state index in [-0.39, 0.29) is 12.4 Å². The van der Waals surface area contributed by atoms with Crippen molar-refractivity contribution in [3.8, 4) is 0 Å². The van der Waals surface area contributed by atoms with Crippen LogP contribution in [-0.2, 0) is 10.2 Å². The van der Waals surface area contributed by atoms with E-state index < -0.39 is 10.2 Å². The Morgan fingerprint density at radius 3 is 2.19 bits per heavy atom. The zero-order chi connectivity index (χ0) is 11.5. The summed E-state index contributed by atoms with van der Waals surface area (Å²) in [4.78, 5) is 0. The van der Waals surface area contributed by atoms with Gasteiger partial charge in [0.25, 0.3) is 10.2 Å². The van der Waals surface area contributed by atoms with E-state index >= 15 is 0 Å². The highest BCUT2D eigenvalue weighted by atomic mass is 35.5. The summed E-state index contributed by atoms with van der Waals surface area (Å²) in [5.74, 6) is 0.601. The van der Waals surface area contributed by atoms with Crippen LogP contribution in [0.15, 0.2) is 0 Å². The van der Waals surface area contributed by atoms with Gasteiger partial charge in [0, 0.05) is 27.2 Å². The van der Waals surface area contributed by atoms with Crippen molar-refractivity contribution in [2.45, 2.75) is 19.3 Å². The molecule has 0 spiro atoms. The van der Waals surface area contributed by atoms with Crippen LogP contribution in [0.25, 0.3) is 0 Å². The second-order valence-electron chi connectivity index (χ2n) is 4.21. The summed E-state index contributed by atoms with van der Waals surface area (Å²) in [5.41, 5.74) is 5.49. The number of nitrogens with two attached hydrogens (primary N) is 1. The average Bonchev–Trinajstić information content (AvgIpc) is 2.19. The Balaban J connectivity index is 0.00000225. The Labute approximate surface area is 105 Å². The third-order valence-electron chi connectivity index (χ3n) is 2.94. The van der Waals surface area contributed by atoms with Gasteiger partial charge in [0.1, 0.15) is 0 Å². The molecule has 0 amide bonds. The summed E-state index contributed by atoms with van der Waals surface area (Å²) >= 11 is 0. The molecule has 5 nitrogen and oxygen atoms in total. The molecule has 1 rings (SSSR count). The number of rotatable bonds is 4. The lowest BCUT2D eigenvalue weighted by Gasteiger charge is -2.32. The van der Waals surface area contributed by atoms with Crippen molar-refractivity contribution in [2.75, 3.05) is 33.7 Å². The second kappa shape index (κ2) is 6.76. The van der Waals surface area contributed by atoms with Crippen LogP contribution in [0.5, 0.6) is 0 Å². The minimum Gasteiger partial charge on any atom is -0.330 e. The van der Waals surface area contributed by atoms with Gasteiger partial charge >= 0.3 is 0 Å². The van der Waals surface area contributed by atoms with E-state index in [0.29, 0.717) is 25.6 Å². The van der Waals surface area contributed by atoms with Crippen LogP contribution in [0.4, 0.5) is 0 Å².